The summed E-state index contributed by atoms with van der Waals surface area (Å²) in [6, 6.07) is 2.58. The first-order chi connectivity index (χ1) is 7.21. The number of nitrogens with zero attached hydrogens (tertiary/aromatic N) is 2. The Morgan fingerprint density at radius 3 is 2.60 bits per heavy atom. The minimum absolute atomic E-state index is 0.234. The molecule has 0 amide bonds. The largest absolute Gasteiger partial charge is 0.396 e. The van der Waals surface area contributed by atoms with Crippen molar-refractivity contribution in [3.05, 3.63) is 18.0 Å². The van der Waals surface area contributed by atoms with Gasteiger partial charge in [0.2, 0.25) is 0 Å². The minimum Gasteiger partial charge on any atom is -0.396 e. The molecule has 0 spiro atoms. The van der Waals surface area contributed by atoms with Crippen LogP contribution in [0.25, 0.3) is 0 Å². The van der Waals surface area contributed by atoms with Gasteiger partial charge in [-0.1, -0.05) is 20.8 Å². The zero-order valence-electron chi connectivity index (χ0n) is 9.98. The lowest BCUT2D eigenvalue weighted by atomic mass is 10.1. The smallest absolute Gasteiger partial charge is 0.0628 e. The maximum absolute atomic E-state index is 8.97. The molecule has 0 bridgehead atoms. The number of aromatic nitrogens is 2. The molecule has 0 saturated heterocycles. The third-order valence-corrected chi connectivity index (χ3v) is 2.85. The summed E-state index contributed by atoms with van der Waals surface area (Å²) >= 11 is 0. The maximum atomic E-state index is 8.97. The molecule has 0 radical (unpaired) electrons. The SMILES string of the molecule is CCC(CC)n1ccc(CC(C)CO)n1. The van der Waals surface area contributed by atoms with E-state index in [0.29, 0.717) is 12.0 Å². The highest BCUT2D eigenvalue weighted by molar-refractivity contribution is 5.00. The lowest BCUT2D eigenvalue weighted by molar-refractivity contribution is 0.236. The van der Waals surface area contributed by atoms with Crippen LogP contribution in [0.15, 0.2) is 12.3 Å². The lowest BCUT2D eigenvalue weighted by Gasteiger charge is -2.12. The van der Waals surface area contributed by atoms with Crippen LogP contribution in [-0.4, -0.2) is 21.5 Å². The Kier molecular flexibility index (Phi) is 4.82. The Hall–Kier alpha value is -0.830. The van der Waals surface area contributed by atoms with Gasteiger partial charge >= 0.3 is 0 Å². The van der Waals surface area contributed by atoms with E-state index in [9.17, 15) is 0 Å². The second kappa shape index (κ2) is 5.91. The van der Waals surface area contributed by atoms with Crippen LogP contribution < -0.4 is 0 Å². The van der Waals surface area contributed by atoms with E-state index in [1.165, 1.54) is 0 Å². The summed E-state index contributed by atoms with van der Waals surface area (Å²) in [6.07, 6.45) is 5.15. The molecule has 1 aromatic heterocycles. The first-order valence-corrected chi connectivity index (χ1v) is 5.86. The Labute approximate surface area is 92.1 Å². The van der Waals surface area contributed by atoms with Crippen molar-refractivity contribution in [1.82, 2.24) is 9.78 Å². The lowest BCUT2D eigenvalue weighted by Crippen LogP contribution is -2.09. The second-order valence-electron chi connectivity index (χ2n) is 4.25. The van der Waals surface area contributed by atoms with E-state index in [0.717, 1.165) is 25.0 Å². The van der Waals surface area contributed by atoms with E-state index in [1.54, 1.807) is 0 Å². The van der Waals surface area contributed by atoms with Crippen LogP contribution in [0.5, 0.6) is 0 Å². The van der Waals surface area contributed by atoms with Crippen molar-refractivity contribution in [2.24, 2.45) is 5.92 Å². The molecule has 1 heterocycles. The normalized spacial score (nSPS) is 13.4. The summed E-state index contributed by atoms with van der Waals surface area (Å²) in [5.41, 5.74) is 1.09. The molecule has 3 heteroatoms. The highest BCUT2D eigenvalue weighted by Crippen LogP contribution is 2.15. The van der Waals surface area contributed by atoms with Crippen LogP contribution in [0.3, 0.4) is 0 Å². The molecular formula is C12H22N2O. The summed E-state index contributed by atoms with van der Waals surface area (Å²) in [6.45, 7) is 6.64. The van der Waals surface area contributed by atoms with Gasteiger partial charge in [-0.2, -0.15) is 5.10 Å². The third kappa shape index (κ3) is 3.34. The Bertz CT molecular complexity index is 279. The summed E-state index contributed by atoms with van der Waals surface area (Å²) in [5, 5.41) is 13.5. The van der Waals surface area contributed by atoms with Crippen LogP contribution in [0.1, 0.15) is 45.3 Å². The second-order valence-corrected chi connectivity index (χ2v) is 4.25. The summed E-state index contributed by atoms with van der Waals surface area (Å²) < 4.78 is 2.05. The van der Waals surface area contributed by atoms with Crippen molar-refractivity contribution in [3.8, 4) is 0 Å². The zero-order chi connectivity index (χ0) is 11.3. The van der Waals surface area contributed by atoms with Gasteiger partial charge in [0, 0.05) is 12.8 Å². The van der Waals surface area contributed by atoms with Gasteiger partial charge < -0.3 is 5.11 Å². The van der Waals surface area contributed by atoms with Gasteiger partial charge in [-0.25, -0.2) is 0 Å². The van der Waals surface area contributed by atoms with E-state index in [4.69, 9.17) is 5.11 Å². The van der Waals surface area contributed by atoms with Gasteiger partial charge in [-0.15, -0.1) is 0 Å². The minimum atomic E-state index is 0.234. The molecular weight excluding hydrogens is 188 g/mol. The van der Waals surface area contributed by atoms with E-state index in [-0.39, 0.29) is 6.61 Å². The molecule has 0 aromatic carbocycles. The van der Waals surface area contributed by atoms with Crippen LogP contribution in [0.2, 0.25) is 0 Å². The van der Waals surface area contributed by atoms with E-state index in [2.05, 4.69) is 35.9 Å². The molecule has 86 valence electrons. The fraction of sp³-hybridized carbons (Fsp3) is 0.750. The first-order valence-electron chi connectivity index (χ1n) is 5.86. The van der Waals surface area contributed by atoms with Crippen molar-refractivity contribution >= 4 is 0 Å². The van der Waals surface area contributed by atoms with E-state index in [1.807, 2.05) is 6.92 Å². The molecule has 1 rings (SSSR count). The number of rotatable bonds is 6. The third-order valence-electron chi connectivity index (χ3n) is 2.85. The van der Waals surface area contributed by atoms with Crippen molar-refractivity contribution in [2.75, 3.05) is 6.61 Å². The summed E-state index contributed by atoms with van der Waals surface area (Å²) in [5.74, 6) is 0.301. The molecule has 0 aliphatic rings. The molecule has 1 N–H and O–H groups in total. The van der Waals surface area contributed by atoms with E-state index < -0.39 is 0 Å². The number of aliphatic hydroxyl groups excluding tert-OH is 1. The Morgan fingerprint density at radius 1 is 1.40 bits per heavy atom. The molecule has 0 aliphatic heterocycles. The average Bonchev–Trinajstić information content (AvgIpc) is 2.68. The standard InChI is InChI=1S/C12H22N2O/c1-4-12(5-2)14-7-6-11(13-14)8-10(3)9-15/h6-7,10,12,15H,4-5,8-9H2,1-3H3. The van der Waals surface area contributed by atoms with Gasteiger partial charge in [-0.05, 0) is 31.2 Å². The fourth-order valence-corrected chi connectivity index (χ4v) is 1.77. The topological polar surface area (TPSA) is 38.0 Å². The van der Waals surface area contributed by atoms with Gasteiger partial charge in [0.05, 0.1) is 11.7 Å². The molecule has 1 aromatic rings. The Morgan fingerprint density at radius 2 is 2.07 bits per heavy atom. The van der Waals surface area contributed by atoms with Crippen LogP contribution in [0.4, 0.5) is 0 Å². The highest BCUT2D eigenvalue weighted by atomic mass is 16.3. The van der Waals surface area contributed by atoms with Crippen molar-refractivity contribution in [3.63, 3.8) is 0 Å². The summed E-state index contributed by atoms with van der Waals surface area (Å²) in [7, 11) is 0. The molecule has 0 fully saturated rings. The number of hydrogen-bond acceptors (Lipinski definition) is 2. The molecule has 1 unspecified atom stereocenters. The number of hydrogen-bond donors (Lipinski definition) is 1. The molecule has 15 heavy (non-hydrogen) atoms. The molecule has 1 atom stereocenters. The monoisotopic (exact) mass is 210 g/mol. The molecule has 0 aliphatic carbocycles. The van der Waals surface area contributed by atoms with Crippen LogP contribution >= 0.6 is 0 Å². The molecule has 3 nitrogen and oxygen atoms in total. The van der Waals surface area contributed by atoms with Gasteiger partial charge in [0.1, 0.15) is 0 Å². The predicted octanol–water partition coefficient (Wildman–Crippen LogP) is 2.42. The van der Waals surface area contributed by atoms with Gasteiger partial charge in [0.15, 0.2) is 0 Å². The van der Waals surface area contributed by atoms with Crippen molar-refractivity contribution < 1.29 is 5.11 Å². The highest BCUT2D eigenvalue weighted by Gasteiger charge is 2.09. The van der Waals surface area contributed by atoms with Crippen molar-refractivity contribution in [1.29, 1.82) is 0 Å². The van der Waals surface area contributed by atoms with Crippen molar-refractivity contribution in [2.45, 2.75) is 46.1 Å². The first kappa shape index (κ1) is 12.2. The Balaban J connectivity index is 2.63. The predicted molar refractivity (Wildman–Crippen MR) is 61.8 cm³/mol. The maximum Gasteiger partial charge on any atom is 0.0628 e. The average molecular weight is 210 g/mol. The van der Waals surface area contributed by atoms with Crippen LogP contribution in [-0.2, 0) is 6.42 Å². The summed E-state index contributed by atoms with van der Waals surface area (Å²) in [4.78, 5) is 0. The number of aliphatic hydroxyl groups is 1. The zero-order valence-corrected chi connectivity index (χ0v) is 9.98. The quantitative estimate of drug-likeness (QED) is 0.783. The fourth-order valence-electron chi connectivity index (χ4n) is 1.77. The van der Waals surface area contributed by atoms with E-state index >= 15 is 0 Å². The van der Waals surface area contributed by atoms with Crippen LogP contribution in [0, 0.1) is 5.92 Å². The molecule has 0 saturated carbocycles. The van der Waals surface area contributed by atoms with Gasteiger partial charge in [-0.3, -0.25) is 4.68 Å². The van der Waals surface area contributed by atoms with Gasteiger partial charge in [0.25, 0.3) is 0 Å².